The van der Waals surface area contributed by atoms with Gasteiger partial charge in [-0.05, 0) is 27.6 Å². The van der Waals surface area contributed by atoms with E-state index in [4.69, 9.17) is 5.84 Å². The van der Waals surface area contributed by atoms with Gasteiger partial charge in [-0.15, -0.1) is 0 Å². The number of hydrogen-bond donors (Lipinski definition) is 2. The van der Waals surface area contributed by atoms with Gasteiger partial charge < -0.3 is 0 Å². The van der Waals surface area contributed by atoms with E-state index in [-0.39, 0.29) is 6.42 Å². The van der Waals surface area contributed by atoms with Gasteiger partial charge in [-0.25, -0.2) is 10.2 Å². The van der Waals surface area contributed by atoms with Gasteiger partial charge in [-0.3, -0.25) is 10.2 Å². The number of halogens is 2. The standard InChI is InChI=1S/C8H8BrFN2O/c9-6-3-1-2-5(8(6)10)4-7(13)12-11/h1-3H,4,11H2,(H,12,13). The summed E-state index contributed by atoms with van der Waals surface area (Å²) in [5.41, 5.74) is 2.26. The van der Waals surface area contributed by atoms with E-state index in [0.717, 1.165) is 0 Å². The van der Waals surface area contributed by atoms with Crippen LogP contribution in [0.1, 0.15) is 5.56 Å². The summed E-state index contributed by atoms with van der Waals surface area (Å²) >= 11 is 3.02. The van der Waals surface area contributed by atoms with Crippen LogP contribution in [0.25, 0.3) is 0 Å². The normalized spacial score (nSPS) is 9.77. The van der Waals surface area contributed by atoms with Crippen molar-refractivity contribution in [3.05, 3.63) is 34.1 Å². The summed E-state index contributed by atoms with van der Waals surface area (Å²) in [5, 5.41) is 0. The van der Waals surface area contributed by atoms with Crippen LogP contribution in [-0.2, 0) is 11.2 Å². The average molecular weight is 247 g/mol. The number of carbonyl (C=O) groups excluding carboxylic acids is 1. The number of benzene rings is 1. The maximum atomic E-state index is 13.2. The molecule has 0 aliphatic heterocycles. The third-order valence-corrected chi connectivity index (χ3v) is 2.16. The van der Waals surface area contributed by atoms with Gasteiger partial charge in [0.15, 0.2) is 0 Å². The molecule has 0 radical (unpaired) electrons. The first-order valence-electron chi connectivity index (χ1n) is 3.57. The molecule has 0 saturated heterocycles. The molecule has 3 nitrogen and oxygen atoms in total. The van der Waals surface area contributed by atoms with Gasteiger partial charge in [0, 0.05) is 0 Å². The Bertz CT molecular complexity index is 330. The van der Waals surface area contributed by atoms with E-state index in [1.165, 1.54) is 6.07 Å². The van der Waals surface area contributed by atoms with E-state index in [1.807, 2.05) is 5.43 Å². The Morgan fingerprint density at radius 3 is 2.92 bits per heavy atom. The van der Waals surface area contributed by atoms with E-state index in [0.29, 0.717) is 10.0 Å². The van der Waals surface area contributed by atoms with Crippen molar-refractivity contribution in [2.75, 3.05) is 0 Å². The molecule has 0 bridgehead atoms. The van der Waals surface area contributed by atoms with Crippen molar-refractivity contribution in [1.82, 2.24) is 5.43 Å². The van der Waals surface area contributed by atoms with Crippen LogP contribution >= 0.6 is 15.9 Å². The summed E-state index contributed by atoms with van der Waals surface area (Å²) < 4.78 is 13.6. The highest BCUT2D eigenvalue weighted by Crippen LogP contribution is 2.18. The monoisotopic (exact) mass is 246 g/mol. The Balaban J connectivity index is 2.89. The second-order valence-electron chi connectivity index (χ2n) is 2.46. The number of nitrogens with one attached hydrogen (secondary N) is 1. The molecule has 1 aromatic rings. The Morgan fingerprint density at radius 1 is 1.62 bits per heavy atom. The van der Waals surface area contributed by atoms with Gasteiger partial charge in [0.05, 0.1) is 10.9 Å². The molecule has 0 unspecified atom stereocenters. The molecule has 0 heterocycles. The van der Waals surface area contributed by atoms with E-state index < -0.39 is 11.7 Å². The zero-order valence-electron chi connectivity index (χ0n) is 6.68. The molecule has 0 atom stereocenters. The van der Waals surface area contributed by atoms with Crippen molar-refractivity contribution >= 4 is 21.8 Å². The Kier molecular flexibility index (Phi) is 3.39. The van der Waals surface area contributed by atoms with Crippen LogP contribution < -0.4 is 11.3 Å². The first kappa shape index (κ1) is 10.1. The van der Waals surface area contributed by atoms with Crippen LogP contribution in [0.15, 0.2) is 22.7 Å². The van der Waals surface area contributed by atoms with Crippen LogP contribution in [0, 0.1) is 5.82 Å². The largest absolute Gasteiger partial charge is 0.294 e. The molecule has 70 valence electrons. The molecule has 13 heavy (non-hydrogen) atoms. The molecule has 1 aromatic carbocycles. The molecule has 1 rings (SSSR count). The van der Waals surface area contributed by atoms with Crippen LogP contribution in [0.5, 0.6) is 0 Å². The lowest BCUT2D eigenvalue weighted by molar-refractivity contribution is -0.120. The van der Waals surface area contributed by atoms with E-state index >= 15 is 0 Å². The fourth-order valence-corrected chi connectivity index (χ4v) is 1.32. The number of amides is 1. The van der Waals surface area contributed by atoms with Crippen molar-refractivity contribution in [3.8, 4) is 0 Å². The highest BCUT2D eigenvalue weighted by Gasteiger charge is 2.08. The van der Waals surface area contributed by atoms with Crippen LogP contribution in [0.4, 0.5) is 4.39 Å². The SMILES string of the molecule is NNC(=O)Cc1cccc(Br)c1F. The maximum Gasteiger partial charge on any atom is 0.238 e. The molecule has 1 amide bonds. The van der Waals surface area contributed by atoms with Crippen molar-refractivity contribution < 1.29 is 9.18 Å². The summed E-state index contributed by atoms with van der Waals surface area (Å²) in [4.78, 5) is 10.8. The van der Waals surface area contributed by atoms with Crippen molar-refractivity contribution in [1.29, 1.82) is 0 Å². The first-order valence-corrected chi connectivity index (χ1v) is 4.36. The smallest absolute Gasteiger partial charge is 0.238 e. The van der Waals surface area contributed by atoms with Crippen molar-refractivity contribution in [2.45, 2.75) is 6.42 Å². The quantitative estimate of drug-likeness (QED) is 0.467. The lowest BCUT2D eigenvalue weighted by Gasteiger charge is -2.02. The number of nitrogens with two attached hydrogens (primary N) is 1. The summed E-state index contributed by atoms with van der Waals surface area (Å²) in [7, 11) is 0. The molecule has 0 saturated carbocycles. The molecule has 5 heteroatoms. The topological polar surface area (TPSA) is 55.1 Å². The second kappa shape index (κ2) is 4.34. The second-order valence-corrected chi connectivity index (χ2v) is 3.31. The van der Waals surface area contributed by atoms with Gasteiger partial charge in [0.1, 0.15) is 5.82 Å². The first-order chi connectivity index (χ1) is 6.15. The van der Waals surface area contributed by atoms with Gasteiger partial charge in [-0.1, -0.05) is 12.1 Å². The summed E-state index contributed by atoms with van der Waals surface area (Å²) in [6, 6.07) is 4.76. The number of carbonyl (C=O) groups is 1. The number of rotatable bonds is 2. The molecule has 0 aliphatic carbocycles. The molecule has 3 N–H and O–H groups in total. The predicted octanol–water partition coefficient (Wildman–Crippen LogP) is 1.12. The van der Waals surface area contributed by atoms with Crippen molar-refractivity contribution in [2.24, 2.45) is 5.84 Å². The summed E-state index contributed by atoms with van der Waals surface area (Å²) in [6.45, 7) is 0. The highest BCUT2D eigenvalue weighted by atomic mass is 79.9. The van der Waals surface area contributed by atoms with E-state index in [1.54, 1.807) is 12.1 Å². The van der Waals surface area contributed by atoms with Crippen LogP contribution in [-0.4, -0.2) is 5.91 Å². The fourth-order valence-electron chi connectivity index (χ4n) is 0.909. The number of hydrogen-bond acceptors (Lipinski definition) is 2. The molecule has 0 aromatic heterocycles. The Labute approximate surface area is 83.2 Å². The average Bonchev–Trinajstić information content (AvgIpc) is 2.13. The number of hydrazine groups is 1. The summed E-state index contributed by atoms with van der Waals surface area (Å²) in [5.74, 6) is 4.03. The van der Waals surface area contributed by atoms with Gasteiger partial charge in [-0.2, -0.15) is 0 Å². The van der Waals surface area contributed by atoms with E-state index in [9.17, 15) is 9.18 Å². The highest BCUT2D eigenvalue weighted by molar-refractivity contribution is 9.10. The van der Waals surface area contributed by atoms with Gasteiger partial charge in [0.25, 0.3) is 0 Å². The summed E-state index contributed by atoms with van der Waals surface area (Å²) in [6.07, 6.45) is -0.0538. The third kappa shape index (κ3) is 2.50. The molecule has 0 fully saturated rings. The maximum absolute atomic E-state index is 13.2. The minimum Gasteiger partial charge on any atom is -0.294 e. The Morgan fingerprint density at radius 2 is 2.31 bits per heavy atom. The molecule has 0 aliphatic rings. The molecular formula is C8H8BrFN2O. The third-order valence-electron chi connectivity index (χ3n) is 1.54. The predicted molar refractivity (Wildman–Crippen MR) is 50.1 cm³/mol. The zero-order chi connectivity index (χ0) is 9.84. The van der Waals surface area contributed by atoms with E-state index in [2.05, 4.69) is 15.9 Å². The molecular weight excluding hydrogens is 239 g/mol. The Hall–Kier alpha value is -0.940. The lowest BCUT2D eigenvalue weighted by Crippen LogP contribution is -2.31. The van der Waals surface area contributed by atoms with Crippen LogP contribution in [0.2, 0.25) is 0 Å². The minimum absolute atomic E-state index is 0.0538. The molecule has 0 spiro atoms. The fraction of sp³-hybridized carbons (Fsp3) is 0.125. The van der Waals surface area contributed by atoms with Crippen molar-refractivity contribution in [3.63, 3.8) is 0 Å². The van der Waals surface area contributed by atoms with Gasteiger partial charge in [0.2, 0.25) is 5.91 Å². The van der Waals surface area contributed by atoms with Gasteiger partial charge >= 0.3 is 0 Å². The lowest BCUT2D eigenvalue weighted by atomic mass is 10.1. The van der Waals surface area contributed by atoms with Crippen LogP contribution in [0.3, 0.4) is 0 Å². The minimum atomic E-state index is -0.425. The zero-order valence-corrected chi connectivity index (χ0v) is 8.27.